The Hall–Kier alpha value is -3.21. The van der Waals surface area contributed by atoms with Gasteiger partial charge >= 0.3 is 0 Å². The molecule has 5 rings (SSSR count). The van der Waals surface area contributed by atoms with Crippen LogP contribution in [0.2, 0.25) is 0 Å². The van der Waals surface area contributed by atoms with Crippen molar-refractivity contribution in [1.29, 1.82) is 0 Å². The molecule has 10 heteroatoms. The molecular formula is C27H32N4O5S. The monoisotopic (exact) mass is 524 g/mol. The van der Waals surface area contributed by atoms with Crippen LogP contribution in [0.25, 0.3) is 5.69 Å². The second kappa shape index (κ2) is 9.92. The minimum atomic E-state index is -3.62. The summed E-state index contributed by atoms with van der Waals surface area (Å²) in [5, 5.41) is 16.6. The zero-order valence-corrected chi connectivity index (χ0v) is 21.9. The van der Waals surface area contributed by atoms with Crippen LogP contribution in [0.3, 0.4) is 0 Å². The molecule has 2 N–H and O–H groups in total. The standard InChI is InChI=1S/C27H32N4O5S/c1-36-22-9-7-21(8-10-22)31-24-23(25(29-31)37(2,34)35)11-17-30(26(24)33)20-5-3-19(4-6-20)27(12-13-27)14-15-28-16-18-32/h3-10,28,32H,11-18H2,1-2H3. The first-order valence-corrected chi connectivity index (χ1v) is 14.4. The summed E-state index contributed by atoms with van der Waals surface area (Å²) in [5.74, 6) is 0.375. The molecule has 2 aliphatic rings. The van der Waals surface area contributed by atoms with E-state index >= 15 is 0 Å². The summed E-state index contributed by atoms with van der Waals surface area (Å²) in [6.45, 7) is 1.96. The third-order valence-corrected chi connectivity index (χ3v) is 8.39. The van der Waals surface area contributed by atoms with Gasteiger partial charge in [0.15, 0.2) is 14.9 Å². The summed E-state index contributed by atoms with van der Waals surface area (Å²) in [4.78, 5) is 15.5. The van der Waals surface area contributed by atoms with E-state index in [4.69, 9.17) is 9.84 Å². The number of amides is 1. The number of aliphatic hydroxyl groups is 1. The van der Waals surface area contributed by atoms with Crippen molar-refractivity contribution in [2.24, 2.45) is 0 Å². The van der Waals surface area contributed by atoms with Gasteiger partial charge in [0.1, 0.15) is 11.4 Å². The number of hydrogen-bond donors (Lipinski definition) is 2. The Kier molecular flexibility index (Phi) is 6.82. The molecule has 2 aromatic carbocycles. The van der Waals surface area contributed by atoms with E-state index in [1.54, 1.807) is 36.3 Å². The lowest BCUT2D eigenvalue weighted by atomic mass is 9.92. The van der Waals surface area contributed by atoms with E-state index in [0.29, 0.717) is 36.5 Å². The van der Waals surface area contributed by atoms with Gasteiger partial charge in [-0.05, 0) is 79.6 Å². The molecule has 1 saturated carbocycles. The Balaban J connectivity index is 1.44. The van der Waals surface area contributed by atoms with E-state index in [-0.39, 0.29) is 28.6 Å². The maximum atomic E-state index is 13.8. The van der Waals surface area contributed by atoms with Crippen LogP contribution in [0.4, 0.5) is 5.69 Å². The van der Waals surface area contributed by atoms with Gasteiger partial charge in [-0.2, -0.15) is 5.10 Å². The molecule has 3 aromatic rings. The Morgan fingerprint density at radius 2 is 1.73 bits per heavy atom. The van der Waals surface area contributed by atoms with Crippen molar-refractivity contribution in [3.8, 4) is 11.4 Å². The van der Waals surface area contributed by atoms with Crippen molar-refractivity contribution in [3.63, 3.8) is 0 Å². The van der Waals surface area contributed by atoms with Gasteiger partial charge in [0, 0.05) is 30.6 Å². The third kappa shape index (κ3) is 4.88. The number of sulfone groups is 1. The van der Waals surface area contributed by atoms with E-state index in [1.807, 2.05) is 12.1 Å². The van der Waals surface area contributed by atoms with E-state index in [2.05, 4.69) is 22.5 Å². The highest BCUT2D eigenvalue weighted by Gasteiger charge is 2.43. The largest absolute Gasteiger partial charge is 0.497 e. The summed E-state index contributed by atoms with van der Waals surface area (Å²) in [7, 11) is -2.05. The second-order valence-corrected chi connectivity index (χ2v) is 11.7. The van der Waals surface area contributed by atoms with Crippen molar-refractivity contribution in [1.82, 2.24) is 15.1 Å². The first kappa shape index (κ1) is 25.4. The van der Waals surface area contributed by atoms with Crippen LogP contribution in [0.1, 0.15) is 40.9 Å². The number of carbonyl (C=O) groups is 1. The predicted molar refractivity (Wildman–Crippen MR) is 141 cm³/mol. The number of aliphatic hydroxyl groups excluding tert-OH is 1. The molecule has 196 valence electrons. The lowest BCUT2D eigenvalue weighted by Gasteiger charge is -2.28. The molecule has 37 heavy (non-hydrogen) atoms. The van der Waals surface area contributed by atoms with Crippen molar-refractivity contribution in [3.05, 3.63) is 65.4 Å². The predicted octanol–water partition coefficient (Wildman–Crippen LogP) is 2.49. The van der Waals surface area contributed by atoms with Gasteiger partial charge in [-0.15, -0.1) is 0 Å². The Labute approximate surface area is 217 Å². The molecule has 1 amide bonds. The average molecular weight is 525 g/mol. The molecule has 1 aromatic heterocycles. The molecule has 0 bridgehead atoms. The van der Waals surface area contributed by atoms with E-state index in [1.165, 1.54) is 10.2 Å². The molecule has 0 saturated heterocycles. The number of nitrogens with one attached hydrogen (secondary N) is 1. The summed E-state index contributed by atoms with van der Waals surface area (Å²) in [5.41, 5.74) is 3.52. The molecular weight excluding hydrogens is 492 g/mol. The van der Waals surface area contributed by atoms with Crippen LogP contribution in [0, 0.1) is 0 Å². The number of hydrogen-bond acceptors (Lipinski definition) is 7. The van der Waals surface area contributed by atoms with Crippen LogP contribution in [-0.4, -0.2) is 68.8 Å². The number of aromatic nitrogens is 2. The summed E-state index contributed by atoms with van der Waals surface area (Å²) in [6, 6.07) is 15.2. The van der Waals surface area contributed by atoms with Crippen molar-refractivity contribution in [2.75, 3.05) is 44.5 Å². The summed E-state index contributed by atoms with van der Waals surface area (Å²) >= 11 is 0. The maximum Gasteiger partial charge on any atom is 0.277 e. The molecule has 0 unspecified atom stereocenters. The number of anilines is 1. The molecule has 0 spiro atoms. The van der Waals surface area contributed by atoms with Gasteiger partial charge in [-0.25, -0.2) is 13.1 Å². The number of ether oxygens (including phenoxy) is 1. The molecule has 1 aliphatic heterocycles. The highest BCUT2D eigenvalue weighted by Crippen LogP contribution is 2.51. The highest BCUT2D eigenvalue weighted by molar-refractivity contribution is 7.90. The molecule has 9 nitrogen and oxygen atoms in total. The van der Waals surface area contributed by atoms with E-state index in [0.717, 1.165) is 37.8 Å². The van der Waals surface area contributed by atoms with Crippen LogP contribution in [0.15, 0.2) is 53.6 Å². The van der Waals surface area contributed by atoms with Gasteiger partial charge < -0.3 is 20.1 Å². The topological polar surface area (TPSA) is 114 Å². The zero-order chi connectivity index (χ0) is 26.2. The molecule has 1 fully saturated rings. The molecule has 0 atom stereocenters. The first-order chi connectivity index (χ1) is 17.8. The van der Waals surface area contributed by atoms with Gasteiger partial charge in [0.2, 0.25) is 0 Å². The van der Waals surface area contributed by atoms with E-state index in [9.17, 15) is 13.2 Å². The minimum absolute atomic E-state index is 0.0489. The van der Waals surface area contributed by atoms with Crippen LogP contribution < -0.4 is 15.0 Å². The van der Waals surface area contributed by atoms with E-state index < -0.39 is 9.84 Å². The Morgan fingerprint density at radius 3 is 2.32 bits per heavy atom. The fraction of sp³-hybridized carbons (Fsp3) is 0.407. The van der Waals surface area contributed by atoms with Gasteiger partial charge in [-0.3, -0.25) is 4.79 Å². The average Bonchev–Trinajstić information content (AvgIpc) is 3.57. The van der Waals surface area contributed by atoms with Gasteiger partial charge in [0.25, 0.3) is 5.91 Å². The number of rotatable bonds is 10. The number of benzene rings is 2. The normalized spacial score (nSPS) is 16.5. The van der Waals surface area contributed by atoms with Gasteiger partial charge in [0.05, 0.1) is 19.4 Å². The lowest BCUT2D eigenvalue weighted by Crippen LogP contribution is -2.39. The maximum absolute atomic E-state index is 13.8. The van der Waals surface area contributed by atoms with Crippen LogP contribution in [-0.2, 0) is 21.7 Å². The van der Waals surface area contributed by atoms with Crippen molar-refractivity contribution in [2.45, 2.75) is 36.1 Å². The van der Waals surface area contributed by atoms with Crippen molar-refractivity contribution < 1.29 is 23.1 Å². The Morgan fingerprint density at radius 1 is 1.05 bits per heavy atom. The third-order valence-electron chi connectivity index (χ3n) is 7.36. The number of carbonyl (C=O) groups excluding carboxylic acids is 1. The van der Waals surface area contributed by atoms with Gasteiger partial charge in [-0.1, -0.05) is 12.1 Å². The highest BCUT2D eigenvalue weighted by atomic mass is 32.2. The summed E-state index contributed by atoms with van der Waals surface area (Å²) < 4.78 is 31.7. The van der Waals surface area contributed by atoms with Crippen LogP contribution >= 0.6 is 0 Å². The smallest absolute Gasteiger partial charge is 0.277 e. The molecule has 0 radical (unpaired) electrons. The fourth-order valence-electron chi connectivity index (χ4n) is 5.14. The SMILES string of the molecule is COc1ccc(-n2nc(S(C)(=O)=O)c3c2C(=O)N(c2ccc(C4(CCNCCO)CC4)cc2)CC3)cc1. The summed E-state index contributed by atoms with van der Waals surface area (Å²) in [6.07, 6.45) is 4.79. The Bertz CT molecular complexity index is 1390. The quantitative estimate of drug-likeness (QED) is 0.392. The second-order valence-electron chi connectivity index (χ2n) is 9.77. The molecule has 2 heterocycles. The number of methoxy groups -OCH3 is 1. The van der Waals surface area contributed by atoms with Crippen LogP contribution in [0.5, 0.6) is 5.75 Å². The minimum Gasteiger partial charge on any atom is -0.497 e. The fourth-order valence-corrected chi connectivity index (χ4v) is 6.02. The number of nitrogens with zero attached hydrogens (tertiary/aromatic N) is 3. The first-order valence-electron chi connectivity index (χ1n) is 12.5. The van der Waals surface area contributed by atoms with Crippen molar-refractivity contribution >= 4 is 21.4 Å². The molecule has 1 aliphatic carbocycles. The zero-order valence-electron chi connectivity index (χ0n) is 21.1. The lowest BCUT2D eigenvalue weighted by molar-refractivity contribution is 0.0973. The number of fused-ring (bicyclic) bond motifs is 1.